The summed E-state index contributed by atoms with van der Waals surface area (Å²) in [6.07, 6.45) is 0. The van der Waals surface area contributed by atoms with Gasteiger partial charge in [0, 0.05) is 28.1 Å². The van der Waals surface area contributed by atoms with Crippen molar-refractivity contribution in [3.05, 3.63) is 98.5 Å². The average molecular weight is 438 g/mol. The van der Waals surface area contributed by atoms with Gasteiger partial charge in [0.2, 0.25) is 0 Å². The highest BCUT2D eigenvalue weighted by Gasteiger charge is 2.18. The number of aromatic nitrogens is 1. The maximum Gasteiger partial charge on any atom is 0.271 e. The van der Waals surface area contributed by atoms with Crippen molar-refractivity contribution in [2.45, 2.75) is 0 Å². The molecule has 1 amide bonds. The van der Waals surface area contributed by atoms with E-state index in [-0.39, 0.29) is 16.4 Å². The van der Waals surface area contributed by atoms with Gasteiger partial charge < -0.3 is 5.32 Å². The van der Waals surface area contributed by atoms with Gasteiger partial charge in [0.15, 0.2) is 0 Å². The Morgan fingerprint density at radius 3 is 2.43 bits per heavy atom. The van der Waals surface area contributed by atoms with Gasteiger partial charge in [0.1, 0.15) is 0 Å². The van der Waals surface area contributed by atoms with Crippen molar-refractivity contribution in [1.29, 1.82) is 0 Å². The number of pyridine rings is 1. The molecule has 4 aromatic rings. The molecule has 0 bridgehead atoms. The Balaban J connectivity index is 1.82. The van der Waals surface area contributed by atoms with Gasteiger partial charge >= 0.3 is 0 Å². The van der Waals surface area contributed by atoms with E-state index in [9.17, 15) is 14.9 Å². The summed E-state index contributed by atoms with van der Waals surface area (Å²) in [5.74, 6) is -0.468. The Labute approximate surface area is 181 Å². The van der Waals surface area contributed by atoms with Crippen LogP contribution in [0.25, 0.3) is 22.2 Å². The van der Waals surface area contributed by atoms with Crippen LogP contribution in [-0.4, -0.2) is 15.8 Å². The second-order valence-electron chi connectivity index (χ2n) is 6.43. The molecular weight excluding hydrogens is 425 g/mol. The predicted octanol–water partition coefficient (Wildman–Crippen LogP) is 6.37. The lowest BCUT2D eigenvalue weighted by Crippen LogP contribution is -2.13. The number of nitro benzene ring substituents is 1. The smallest absolute Gasteiger partial charge is 0.271 e. The summed E-state index contributed by atoms with van der Waals surface area (Å²) in [6, 6.07) is 19.9. The summed E-state index contributed by atoms with van der Waals surface area (Å²) >= 11 is 12.4. The number of rotatable bonds is 4. The van der Waals surface area contributed by atoms with Crippen molar-refractivity contribution >= 4 is 51.4 Å². The third kappa shape index (κ3) is 3.83. The highest BCUT2D eigenvalue weighted by molar-refractivity contribution is 6.34. The standard InChI is InChI=1S/C22H13Cl2N3O3/c23-17-7-3-1-6-15(17)20-12-16(14-5-2-4-8-19(14)25-20)22(28)26-21-11-13(27(29)30)9-10-18(21)24/h1-12H,(H,26,28). The van der Waals surface area contributed by atoms with Gasteiger partial charge in [-0.3, -0.25) is 14.9 Å². The van der Waals surface area contributed by atoms with Crippen molar-refractivity contribution < 1.29 is 9.72 Å². The number of benzene rings is 3. The number of anilines is 1. The van der Waals surface area contributed by atoms with E-state index in [1.165, 1.54) is 18.2 Å². The Hall–Kier alpha value is -3.48. The first-order valence-electron chi connectivity index (χ1n) is 8.84. The van der Waals surface area contributed by atoms with Crippen molar-refractivity contribution in [2.24, 2.45) is 0 Å². The molecule has 1 aromatic heterocycles. The first-order valence-corrected chi connectivity index (χ1v) is 9.59. The Kier molecular flexibility index (Phi) is 5.35. The van der Waals surface area contributed by atoms with E-state index in [0.717, 1.165) is 0 Å². The third-order valence-electron chi connectivity index (χ3n) is 4.52. The SMILES string of the molecule is O=C(Nc1cc([N+](=O)[O-])ccc1Cl)c1cc(-c2ccccc2Cl)nc2ccccc12. The molecule has 0 saturated carbocycles. The summed E-state index contributed by atoms with van der Waals surface area (Å²) in [4.78, 5) is 28.3. The lowest BCUT2D eigenvalue weighted by molar-refractivity contribution is -0.384. The number of carbonyl (C=O) groups is 1. The van der Waals surface area contributed by atoms with E-state index in [1.54, 1.807) is 30.3 Å². The van der Waals surface area contributed by atoms with Crippen LogP contribution in [0.4, 0.5) is 11.4 Å². The average Bonchev–Trinajstić information content (AvgIpc) is 2.74. The molecule has 0 aliphatic heterocycles. The number of non-ortho nitro benzene ring substituents is 1. The van der Waals surface area contributed by atoms with E-state index in [0.29, 0.717) is 32.7 Å². The van der Waals surface area contributed by atoms with Crippen LogP contribution in [0.5, 0.6) is 0 Å². The summed E-state index contributed by atoms with van der Waals surface area (Å²) in [6.45, 7) is 0. The quantitative estimate of drug-likeness (QED) is 0.296. The molecule has 0 atom stereocenters. The summed E-state index contributed by atoms with van der Waals surface area (Å²) in [5, 5.41) is 15.1. The Morgan fingerprint density at radius 1 is 0.933 bits per heavy atom. The van der Waals surface area contributed by atoms with Crippen molar-refractivity contribution in [3.8, 4) is 11.3 Å². The minimum atomic E-state index is -0.552. The molecule has 0 unspecified atom stereocenters. The molecule has 0 fully saturated rings. The molecule has 1 N–H and O–H groups in total. The van der Waals surface area contributed by atoms with E-state index >= 15 is 0 Å². The van der Waals surface area contributed by atoms with Gasteiger partial charge in [0.05, 0.1) is 32.4 Å². The van der Waals surface area contributed by atoms with Crippen molar-refractivity contribution in [1.82, 2.24) is 4.98 Å². The van der Waals surface area contributed by atoms with Crippen LogP contribution in [0.2, 0.25) is 10.0 Å². The maximum absolute atomic E-state index is 13.1. The monoisotopic (exact) mass is 437 g/mol. The van der Waals surface area contributed by atoms with Crippen LogP contribution in [0.15, 0.2) is 72.8 Å². The van der Waals surface area contributed by atoms with E-state index in [2.05, 4.69) is 10.3 Å². The zero-order chi connectivity index (χ0) is 21.3. The predicted molar refractivity (Wildman–Crippen MR) is 118 cm³/mol. The number of amides is 1. The minimum absolute atomic E-state index is 0.149. The maximum atomic E-state index is 13.1. The second-order valence-corrected chi connectivity index (χ2v) is 7.24. The van der Waals surface area contributed by atoms with Gasteiger partial charge in [-0.1, -0.05) is 59.6 Å². The number of hydrogen-bond acceptors (Lipinski definition) is 4. The van der Waals surface area contributed by atoms with Gasteiger partial charge in [-0.15, -0.1) is 0 Å². The van der Waals surface area contributed by atoms with E-state index in [4.69, 9.17) is 23.2 Å². The number of nitrogens with zero attached hydrogens (tertiary/aromatic N) is 2. The molecule has 30 heavy (non-hydrogen) atoms. The topological polar surface area (TPSA) is 85.1 Å². The lowest BCUT2D eigenvalue weighted by Gasteiger charge is -2.12. The molecule has 1 heterocycles. The Bertz CT molecular complexity index is 1310. The molecule has 8 heteroatoms. The number of nitrogens with one attached hydrogen (secondary N) is 1. The zero-order valence-electron chi connectivity index (χ0n) is 15.3. The van der Waals surface area contributed by atoms with Crippen molar-refractivity contribution in [2.75, 3.05) is 5.32 Å². The number of fused-ring (bicyclic) bond motifs is 1. The van der Waals surface area contributed by atoms with Crippen molar-refractivity contribution in [3.63, 3.8) is 0 Å². The molecule has 0 saturated heterocycles. The highest BCUT2D eigenvalue weighted by atomic mass is 35.5. The largest absolute Gasteiger partial charge is 0.320 e. The molecular formula is C22H13Cl2N3O3. The van der Waals surface area contributed by atoms with E-state index in [1.807, 2.05) is 24.3 Å². The lowest BCUT2D eigenvalue weighted by atomic mass is 10.0. The second kappa shape index (κ2) is 8.10. The minimum Gasteiger partial charge on any atom is -0.320 e. The number of halogens is 2. The fraction of sp³-hybridized carbons (Fsp3) is 0. The molecule has 0 radical (unpaired) electrons. The van der Waals surface area contributed by atoms with Crippen LogP contribution in [0.1, 0.15) is 10.4 Å². The van der Waals surface area contributed by atoms with Crippen LogP contribution in [0, 0.1) is 10.1 Å². The van der Waals surface area contributed by atoms with E-state index < -0.39 is 10.8 Å². The van der Waals surface area contributed by atoms with Gasteiger partial charge in [-0.2, -0.15) is 0 Å². The number of para-hydroxylation sites is 1. The summed E-state index contributed by atoms with van der Waals surface area (Å²) in [7, 11) is 0. The summed E-state index contributed by atoms with van der Waals surface area (Å²) < 4.78 is 0. The molecule has 6 nitrogen and oxygen atoms in total. The molecule has 0 spiro atoms. The normalized spacial score (nSPS) is 10.7. The highest BCUT2D eigenvalue weighted by Crippen LogP contribution is 2.31. The first-order chi connectivity index (χ1) is 14.4. The third-order valence-corrected chi connectivity index (χ3v) is 5.18. The number of hydrogen-bond donors (Lipinski definition) is 1. The fourth-order valence-electron chi connectivity index (χ4n) is 3.08. The van der Waals surface area contributed by atoms with Gasteiger partial charge in [0.25, 0.3) is 11.6 Å². The van der Waals surface area contributed by atoms with Gasteiger partial charge in [-0.05, 0) is 24.3 Å². The first kappa shape index (κ1) is 19.8. The number of nitro groups is 1. The zero-order valence-corrected chi connectivity index (χ0v) is 16.8. The molecule has 0 aliphatic carbocycles. The molecule has 4 rings (SSSR count). The van der Waals surface area contributed by atoms with Crippen LogP contribution in [0.3, 0.4) is 0 Å². The van der Waals surface area contributed by atoms with Crippen LogP contribution in [-0.2, 0) is 0 Å². The van der Waals surface area contributed by atoms with Crippen LogP contribution < -0.4 is 5.32 Å². The molecule has 3 aromatic carbocycles. The molecule has 0 aliphatic rings. The van der Waals surface area contributed by atoms with Gasteiger partial charge in [-0.25, -0.2) is 4.98 Å². The summed E-state index contributed by atoms with van der Waals surface area (Å²) in [5.41, 5.74) is 2.16. The Morgan fingerprint density at radius 2 is 1.67 bits per heavy atom. The molecule has 148 valence electrons. The fourth-order valence-corrected chi connectivity index (χ4v) is 3.48. The number of carbonyl (C=O) groups excluding carboxylic acids is 1. The van der Waals surface area contributed by atoms with Crippen LogP contribution >= 0.6 is 23.2 Å².